The van der Waals surface area contributed by atoms with Crippen molar-refractivity contribution in [3.63, 3.8) is 0 Å². The quantitative estimate of drug-likeness (QED) is 0.899. The van der Waals surface area contributed by atoms with Crippen LogP contribution in [0.3, 0.4) is 0 Å². The summed E-state index contributed by atoms with van der Waals surface area (Å²) < 4.78 is 0. The maximum Gasteiger partial charge on any atom is 0.326 e. The van der Waals surface area contributed by atoms with E-state index in [2.05, 4.69) is 6.92 Å². The van der Waals surface area contributed by atoms with Gasteiger partial charge in [-0.1, -0.05) is 39.3 Å². The number of carboxylic acids is 1. The predicted molar refractivity (Wildman–Crippen MR) is 76.6 cm³/mol. The molecular weight excluding hydrogens is 254 g/mol. The Morgan fingerprint density at radius 3 is 2.65 bits per heavy atom. The van der Waals surface area contributed by atoms with Gasteiger partial charge < -0.3 is 10.0 Å². The molecule has 0 aromatic heterocycles. The maximum absolute atomic E-state index is 12.4. The topological polar surface area (TPSA) is 57.6 Å². The zero-order valence-corrected chi connectivity index (χ0v) is 12.2. The van der Waals surface area contributed by atoms with Gasteiger partial charge in [0.2, 0.25) is 0 Å². The fourth-order valence-electron chi connectivity index (χ4n) is 2.84. The molecule has 4 nitrogen and oxygen atoms in total. The minimum Gasteiger partial charge on any atom is -0.480 e. The van der Waals surface area contributed by atoms with Gasteiger partial charge in [0.15, 0.2) is 0 Å². The van der Waals surface area contributed by atoms with Crippen molar-refractivity contribution >= 4 is 11.9 Å². The number of hydrogen-bond donors (Lipinski definition) is 1. The number of carbonyl (C=O) groups excluding carboxylic acids is 1. The summed E-state index contributed by atoms with van der Waals surface area (Å²) in [6.07, 6.45) is 2.04. The normalized spacial score (nSPS) is 15.6. The molecule has 1 unspecified atom stereocenters. The molecule has 1 aliphatic heterocycles. The van der Waals surface area contributed by atoms with Crippen LogP contribution in [0, 0.1) is 5.92 Å². The second kappa shape index (κ2) is 5.65. The Kier molecular flexibility index (Phi) is 4.12. The smallest absolute Gasteiger partial charge is 0.326 e. The highest BCUT2D eigenvalue weighted by atomic mass is 16.4. The molecule has 1 N–H and O–H groups in total. The summed E-state index contributed by atoms with van der Waals surface area (Å²) in [7, 11) is 0. The van der Waals surface area contributed by atoms with E-state index in [1.165, 1.54) is 10.5 Å². The van der Waals surface area contributed by atoms with Crippen molar-refractivity contribution in [1.29, 1.82) is 0 Å². The van der Waals surface area contributed by atoms with Crippen molar-refractivity contribution in [2.24, 2.45) is 5.92 Å². The van der Waals surface area contributed by atoms with Gasteiger partial charge in [0, 0.05) is 12.1 Å². The monoisotopic (exact) mass is 275 g/mol. The van der Waals surface area contributed by atoms with Crippen LogP contribution in [-0.2, 0) is 17.8 Å². The first-order chi connectivity index (χ1) is 9.45. The van der Waals surface area contributed by atoms with E-state index in [9.17, 15) is 14.7 Å². The van der Waals surface area contributed by atoms with Crippen LogP contribution in [-0.4, -0.2) is 27.9 Å². The van der Waals surface area contributed by atoms with E-state index in [0.717, 1.165) is 18.4 Å². The molecule has 1 amide bonds. The summed E-state index contributed by atoms with van der Waals surface area (Å²) >= 11 is 0. The number of aliphatic carboxylic acids is 1. The summed E-state index contributed by atoms with van der Waals surface area (Å²) in [6.45, 7) is 6.18. The molecule has 0 aliphatic carbocycles. The van der Waals surface area contributed by atoms with Crippen molar-refractivity contribution in [3.8, 4) is 0 Å². The van der Waals surface area contributed by atoms with E-state index in [0.29, 0.717) is 12.1 Å². The molecule has 4 heteroatoms. The number of fused-ring (bicyclic) bond motifs is 1. The van der Waals surface area contributed by atoms with Crippen molar-refractivity contribution in [3.05, 3.63) is 34.9 Å². The number of amides is 1. The molecule has 0 spiro atoms. The Balaban J connectivity index is 2.30. The van der Waals surface area contributed by atoms with E-state index >= 15 is 0 Å². The molecule has 1 aromatic rings. The van der Waals surface area contributed by atoms with Crippen molar-refractivity contribution in [1.82, 2.24) is 4.90 Å². The number of nitrogens with zero attached hydrogens (tertiary/aromatic N) is 1. The zero-order valence-electron chi connectivity index (χ0n) is 12.2. The van der Waals surface area contributed by atoms with Crippen LogP contribution >= 0.6 is 0 Å². The molecule has 1 aliphatic rings. The standard InChI is InChI=1S/C16H21NO3/c1-4-5-11-6-7-13-12(8-11)9-17(15(13)18)14(10(2)3)16(19)20/h6-8,10,14H,4-5,9H2,1-3H3,(H,19,20). The third-order valence-corrected chi connectivity index (χ3v) is 3.76. The molecule has 108 valence electrons. The molecule has 0 fully saturated rings. The van der Waals surface area contributed by atoms with Gasteiger partial charge in [-0.25, -0.2) is 4.79 Å². The number of aryl methyl sites for hydroxylation is 1. The van der Waals surface area contributed by atoms with Crippen LogP contribution in [0.25, 0.3) is 0 Å². The first kappa shape index (κ1) is 14.6. The Hall–Kier alpha value is -1.84. The molecule has 1 heterocycles. The van der Waals surface area contributed by atoms with Crippen LogP contribution in [0.15, 0.2) is 18.2 Å². The van der Waals surface area contributed by atoms with Gasteiger partial charge in [0.1, 0.15) is 6.04 Å². The van der Waals surface area contributed by atoms with Gasteiger partial charge in [-0.15, -0.1) is 0 Å². The van der Waals surface area contributed by atoms with Crippen molar-refractivity contribution in [2.45, 2.75) is 46.2 Å². The minimum atomic E-state index is -0.935. The fraction of sp³-hybridized carbons (Fsp3) is 0.500. The van der Waals surface area contributed by atoms with Gasteiger partial charge >= 0.3 is 5.97 Å². The van der Waals surface area contributed by atoms with E-state index in [1.54, 1.807) is 0 Å². The van der Waals surface area contributed by atoms with E-state index in [4.69, 9.17) is 0 Å². The first-order valence-corrected chi connectivity index (χ1v) is 7.11. The number of rotatable bonds is 5. The highest BCUT2D eigenvalue weighted by molar-refractivity contribution is 6.00. The van der Waals surface area contributed by atoms with Gasteiger partial charge in [-0.05, 0) is 29.5 Å². The lowest BCUT2D eigenvalue weighted by atomic mass is 10.0. The lowest BCUT2D eigenvalue weighted by Crippen LogP contribution is -2.44. The molecule has 1 aromatic carbocycles. The van der Waals surface area contributed by atoms with E-state index in [1.807, 2.05) is 32.0 Å². The third-order valence-electron chi connectivity index (χ3n) is 3.76. The van der Waals surface area contributed by atoms with Crippen LogP contribution in [0.4, 0.5) is 0 Å². The van der Waals surface area contributed by atoms with Crippen LogP contribution < -0.4 is 0 Å². The highest BCUT2D eigenvalue weighted by Crippen LogP contribution is 2.28. The average molecular weight is 275 g/mol. The highest BCUT2D eigenvalue weighted by Gasteiger charge is 2.37. The largest absolute Gasteiger partial charge is 0.480 e. The van der Waals surface area contributed by atoms with Gasteiger partial charge in [-0.3, -0.25) is 4.79 Å². The Morgan fingerprint density at radius 1 is 1.40 bits per heavy atom. The molecule has 1 atom stereocenters. The van der Waals surface area contributed by atoms with E-state index < -0.39 is 12.0 Å². The average Bonchev–Trinajstić information content (AvgIpc) is 2.66. The number of carbonyl (C=O) groups is 2. The summed E-state index contributed by atoms with van der Waals surface area (Å²) in [5.41, 5.74) is 2.81. The number of hydrogen-bond acceptors (Lipinski definition) is 2. The van der Waals surface area contributed by atoms with Crippen LogP contribution in [0.2, 0.25) is 0 Å². The molecular formula is C16H21NO3. The molecule has 0 bridgehead atoms. The SMILES string of the molecule is CCCc1ccc2c(c1)CN(C(C(=O)O)C(C)C)C2=O. The number of benzene rings is 1. The Bertz CT molecular complexity index is 537. The molecule has 0 saturated heterocycles. The summed E-state index contributed by atoms with van der Waals surface area (Å²) in [5, 5.41) is 9.35. The molecule has 2 rings (SSSR count). The molecule has 20 heavy (non-hydrogen) atoms. The molecule has 0 radical (unpaired) electrons. The second-order valence-electron chi connectivity index (χ2n) is 5.70. The van der Waals surface area contributed by atoms with Gasteiger partial charge in [0.05, 0.1) is 0 Å². The zero-order chi connectivity index (χ0) is 14.9. The van der Waals surface area contributed by atoms with Gasteiger partial charge in [0.25, 0.3) is 5.91 Å². The summed E-state index contributed by atoms with van der Waals surface area (Å²) in [4.78, 5) is 25.3. The Labute approximate surface area is 119 Å². The lowest BCUT2D eigenvalue weighted by Gasteiger charge is -2.27. The minimum absolute atomic E-state index is 0.110. The summed E-state index contributed by atoms with van der Waals surface area (Å²) in [5.74, 6) is -1.21. The fourth-order valence-corrected chi connectivity index (χ4v) is 2.84. The first-order valence-electron chi connectivity index (χ1n) is 7.11. The van der Waals surface area contributed by atoms with Crippen LogP contribution in [0.5, 0.6) is 0 Å². The lowest BCUT2D eigenvalue weighted by molar-refractivity contribution is -0.144. The van der Waals surface area contributed by atoms with Crippen molar-refractivity contribution in [2.75, 3.05) is 0 Å². The van der Waals surface area contributed by atoms with Gasteiger partial charge in [-0.2, -0.15) is 0 Å². The Morgan fingerprint density at radius 2 is 2.10 bits per heavy atom. The third kappa shape index (κ3) is 2.55. The summed E-state index contributed by atoms with van der Waals surface area (Å²) in [6, 6.07) is 5.08. The molecule has 0 saturated carbocycles. The van der Waals surface area contributed by atoms with Crippen LogP contribution in [0.1, 0.15) is 48.7 Å². The maximum atomic E-state index is 12.4. The second-order valence-corrected chi connectivity index (χ2v) is 5.70. The number of carboxylic acid groups (broad SMARTS) is 1. The van der Waals surface area contributed by atoms with E-state index in [-0.39, 0.29) is 11.8 Å². The predicted octanol–water partition coefficient (Wildman–Crippen LogP) is 2.70. The van der Waals surface area contributed by atoms with Crippen molar-refractivity contribution < 1.29 is 14.7 Å².